The number of anilines is 4. The maximum absolute atomic E-state index is 16.4. The van der Waals surface area contributed by atoms with Gasteiger partial charge in [-0.05, 0) is 29.7 Å². The summed E-state index contributed by atoms with van der Waals surface area (Å²) in [5.74, 6) is 0.808. The first-order valence-electron chi connectivity index (χ1n) is 13.5. The van der Waals surface area contributed by atoms with Crippen molar-refractivity contribution in [3.8, 4) is 29.6 Å². The Morgan fingerprint density at radius 2 is 1.89 bits per heavy atom. The number of hydrogen-bond acceptors (Lipinski definition) is 7. The normalized spacial score (nSPS) is 12.5. The van der Waals surface area contributed by atoms with Crippen LogP contribution in [0.15, 0.2) is 78.1 Å². The van der Waals surface area contributed by atoms with Gasteiger partial charge in [-0.25, -0.2) is 13.0 Å². The zero-order chi connectivity index (χ0) is 31.2. The number of rotatable bonds is 8. The highest BCUT2D eigenvalue weighted by atomic mass is 32.2. The van der Waals surface area contributed by atoms with Gasteiger partial charge in [-0.2, -0.15) is 9.97 Å². The SMILES string of the molecule is C#Cc1c(F)ccc2cccc(-c3ncc4c(N5c6c[nH]cc65)nc(OCCC(=O)Nc5cccc(S(=O)F)c5)nc4c3F)c12. The van der Waals surface area contributed by atoms with Crippen molar-refractivity contribution in [2.75, 3.05) is 16.8 Å². The second-order valence-electron chi connectivity index (χ2n) is 9.94. The Hall–Kier alpha value is -5.74. The van der Waals surface area contributed by atoms with Crippen LogP contribution >= 0.6 is 0 Å². The molecule has 0 saturated heterocycles. The highest BCUT2D eigenvalue weighted by Crippen LogP contribution is 2.54. The topological polar surface area (TPSA) is 113 Å². The Kier molecular flexibility index (Phi) is 6.90. The summed E-state index contributed by atoms with van der Waals surface area (Å²) in [4.78, 5) is 30.4. The Balaban J connectivity index is 1.23. The maximum atomic E-state index is 16.4. The Bertz CT molecular complexity index is 2230. The van der Waals surface area contributed by atoms with Crippen molar-refractivity contribution in [2.45, 2.75) is 11.3 Å². The lowest BCUT2D eigenvalue weighted by Crippen LogP contribution is -2.16. The molecule has 1 unspecified atom stereocenters. The van der Waals surface area contributed by atoms with Gasteiger partial charge in [-0.1, -0.05) is 36.3 Å². The molecule has 0 aliphatic carbocycles. The number of ether oxygens (including phenoxy) is 1. The van der Waals surface area contributed by atoms with Gasteiger partial charge in [0.1, 0.15) is 23.6 Å². The second-order valence-corrected chi connectivity index (χ2v) is 10.9. The standard InChI is InChI=1S/C32H19F3N6O3S/c1-2-20-23(33)10-9-17-5-3-8-21(27(17)20)29-28(34)30-22(14-37-29)31(41-24-15-36-16-25(24)41)40-32(39-30)44-12-11-26(42)38-18-6-4-7-19(13-18)45(35)43/h1,3-10,13-16,36H,11-12H2,(H,38,42). The molecule has 2 N–H and O–H groups in total. The van der Waals surface area contributed by atoms with Crippen molar-refractivity contribution >= 4 is 61.6 Å². The predicted octanol–water partition coefficient (Wildman–Crippen LogP) is 6.62. The molecule has 3 aromatic heterocycles. The number of amides is 1. The number of H-pyrrole nitrogens is 1. The minimum atomic E-state index is -2.69. The number of aromatic nitrogens is 4. The third-order valence-electron chi connectivity index (χ3n) is 7.25. The van der Waals surface area contributed by atoms with E-state index in [0.29, 0.717) is 22.0 Å². The first-order valence-corrected chi connectivity index (χ1v) is 14.5. The number of benzene rings is 3. The molecule has 45 heavy (non-hydrogen) atoms. The summed E-state index contributed by atoms with van der Waals surface area (Å²) in [6, 6.07) is 13.3. The fourth-order valence-corrected chi connectivity index (χ4v) is 5.57. The second kappa shape index (κ2) is 11.1. The minimum absolute atomic E-state index is 0.0111. The molecule has 1 aliphatic heterocycles. The molecular weight excluding hydrogens is 605 g/mol. The van der Waals surface area contributed by atoms with E-state index in [2.05, 4.69) is 31.2 Å². The number of halogens is 3. The zero-order valence-corrected chi connectivity index (χ0v) is 23.8. The average molecular weight is 625 g/mol. The lowest BCUT2D eigenvalue weighted by atomic mass is 9.96. The molecule has 0 fully saturated rings. The van der Waals surface area contributed by atoms with Gasteiger partial charge < -0.3 is 15.0 Å². The highest BCUT2D eigenvalue weighted by molar-refractivity contribution is 7.79. The van der Waals surface area contributed by atoms with Crippen LogP contribution in [0.2, 0.25) is 0 Å². The van der Waals surface area contributed by atoms with Gasteiger partial charge in [0.15, 0.2) is 11.6 Å². The highest BCUT2D eigenvalue weighted by Gasteiger charge is 2.35. The summed E-state index contributed by atoms with van der Waals surface area (Å²) in [6.45, 7) is -0.174. The van der Waals surface area contributed by atoms with Crippen LogP contribution in [-0.4, -0.2) is 36.7 Å². The average Bonchev–Trinajstić information content (AvgIpc) is 3.50. The van der Waals surface area contributed by atoms with Crippen molar-refractivity contribution < 1.29 is 26.4 Å². The molecule has 1 amide bonds. The van der Waals surface area contributed by atoms with Crippen LogP contribution in [0.4, 0.5) is 35.5 Å². The monoisotopic (exact) mass is 624 g/mol. The molecule has 1 aliphatic rings. The predicted molar refractivity (Wildman–Crippen MR) is 163 cm³/mol. The number of hydrogen-bond donors (Lipinski definition) is 2. The van der Waals surface area contributed by atoms with E-state index >= 15 is 4.39 Å². The van der Waals surface area contributed by atoms with Gasteiger partial charge in [0, 0.05) is 35.2 Å². The van der Waals surface area contributed by atoms with E-state index < -0.39 is 28.7 Å². The molecule has 7 rings (SSSR count). The Morgan fingerprint density at radius 3 is 2.67 bits per heavy atom. The molecule has 4 heterocycles. The fourth-order valence-electron chi connectivity index (χ4n) is 5.16. The van der Waals surface area contributed by atoms with Gasteiger partial charge >= 0.3 is 6.01 Å². The number of carbonyl (C=O) groups is 1. The van der Waals surface area contributed by atoms with E-state index in [0.717, 1.165) is 11.4 Å². The molecule has 6 aromatic rings. The number of pyridine rings is 1. The fraction of sp³-hybridized carbons (Fsp3) is 0.0625. The molecule has 3 aromatic carbocycles. The summed E-state index contributed by atoms with van der Waals surface area (Å²) in [7, 11) is 0. The number of carbonyl (C=O) groups excluding carboxylic acids is 1. The van der Waals surface area contributed by atoms with Crippen LogP contribution in [0.25, 0.3) is 32.9 Å². The van der Waals surface area contributed by atoms with E-state index in [1.807, 2.05) is 0 Å². The Morgan fingerprint density at radius 1 is 1.09 bits per heavy atom. The molecule has 13 heteroatoms. The van der Waals surface area contributed by atoms with Gasteiger partial charge in [0.2, 0.25) is 17.1 Å². The van der Waals surface area contributed by atoms with Gasteiger partial charge in [-0.15, -0.1) is 10.3 Å². The summed E-state index contributed by atoms with van der Waals surface area (Å²) in [6.07, 6.45) is 10.4. The van der Waals surface area contributed by atoms with Crippen LogP contribution in [0.1, 0.15) is 12.0 Å². The third kappa shape index (κ3) is 5.00. The van der Waals surface area contributed by atoms with Crippen molar-refractivity contribution in [2.24, 2.45) is 0 Å². The van der Waals surface area contributed by atoms with E-state index in [1.165, 1.54) is 36.5 Å². The van der Waals surface area contributed by atoms with Crippen molar-refractivity contribution in [1.29, 1.82) is 0 Å². The number of terminal acetylenes is 1. The minimum Gasteiger partial charge on any atom is -0.463 e. The quantitative estimate of drug-likeness (QED) is 0.111. The summed E-state index contributed by atoms with van der Waals surface area (Å²) >= 11 is -2.69. The smallest absolute Gasteiger partial charge is 0.319 e. The largest absolute Gasteiger partial charge is 0.463 e. The van der Waals surface area contributed by atoms with Gasteiger partial charge in [-0.3, -0.25) is 14.7 Å². The molecule has 0 saturated carbocycles. The van der Waals surface area contributed by atoms with E-state index in [9.17, 15) is 17.3 Å². The van der Waals surface area contributed by atoms with Crippen molar-refractivity contribution in [3.63, 3.8) is 0 Å². The van der Waals surface area contributed by atoms with Crippen LogP contribution in [0, 0.1) is 24.0 Å². The summed E-state index contributed by atoms with van der Waals surface area (Å²) < 4.78 is 61.0. The summed E-state index contributed by atoms with van der Waals surface area (Å²) in [5.41, 5.74) is 2.00. The number of nitrogens with one attached hydrogen (secondary N) is 2. The number of nitrogens with zero attached hydrogens (tertiary/aromatic N) is 4. The summed E-state index contributed by atoms with van der Waals surface area (Å²) in [5, 5.41) is 3.83. The Labute approximate surface area is 255 Å². The van der Waals surface area contributed by atoms with E-state index in [-0.39, 0.29) is 52.0 Å². The van der Waals surface area contributed by atoms with Crippen molar-refractivity contribution in [3.05, 3.63) is 90.4 Å². The lowest BCUT2D eigenvalue weighted by Gasteiger charge is -2.14. The number of aromatic amines is 1. The lowest BCUT2D eigenvalue weighted by molar-refractivity contribution is -0.116. The third-order valence-corrected chi connectivity index (χ3v) is 7.87. The first kappa shape index (κ1) is 28.1. The molecule has 0 spiro atoms. The molecule has 1 atom stereocenters. The number of fused-ring (bicyclic) bond motifs is 3. The van der Waals surface area contributed by atoms with E-state index in [4.69, 9.17) is 11.2 Å². The van der Waals surface area contributed by atoms with E-state index in [1.54, 1.807) is 41.6 Å². The molecule has 0 radical (unpaired) electrons. The van der Waals surface area contributed by atoms with Gasteiger partial charge in [0.05, 0.1) is 33.6 Å². The first-order chi connectivity index (χ1) is 21.8. The van der Waals surface area contributed by atoms with Crippen LogP contribution < -0.4 is 15.0 Å². The van der Waals surface area contributed by atoms with Gasteiger partial charge in [0.25, 0.3) is 0 Å². The van der Waals surface area contributed by atoms with Crippen molar-refractivity contribution in [1.82, 2.24) is 19.9 Å². The molecule has 0 bridgehead atoms. The van der Waals surface area contributed by atoms with Crippen LogP contribution in [-0.2, 0) is 16.0 Å². The van der Waals surface area contributed by atoms with Crippen LogP contribution in [0.3, 0.4) is 0 Å². The molecule has 222 valence electrons. The molecule has 9 nitrogen and oxygen atoms in total. The zero-order valence-electron chi connectivity index (χ0n) is 23.0. The van der Waals surface area contributed by atoms with Crippen LogP contribution in [0.5, 0.6) is 6.01 Å². The maximum Gasteiger partial charge on any atom is 0.319 e. The molecular formula is C32H19F3N6O3S.